The van der Waals surface area contributed by atoms with E-state index >= 15 is 0 Å². The molecular weight excluding hydrogens is 338 g/mol. The third-order valence-electron chi connectivity index (χ3n) is 2.47. The fourth-order valence-electron chi connectivity index (χ4n) is 1.45. The maximum Gasteiger partial charge on any atom is 0.348 e. The number of phenolic OH excluding ortho intramolecular Hbond substituents is 1. The molecule has 112 valence electrons. The summed E-state index contributed by atoms with van der Waals surface area (Å²) in [5.41, 5.74) is 0.198. The molecule has 0 saturated carbocycles. The van der Waals surface area contributed by atoms with Crippen LogP contribution >= 0.6 is 22.9 Å². The van der Waals surface area contributed by atoms with Crippen molar-refractivity contribution in [3.05, 3.63) is 39.5 Å². The Kier molecular flexibility index (Phi) is 4.40. The standard InChI is InChI=1S/C12H10ClNO5S2/c1-19-12(16)11-5-8(6-20-11)21(17,18)14-7-2-3-10(15)9(13)4-7/h2-6,14-15H,1H3. The number of hydrogen-bond donors (Lipinski definition) is 2. The monoisotopic (exact) mass is 347 g/mol. The first-order valence-electron chi connectivity index (χ1n) is 5.51. The SMILES string of the molecule is COC(=O)c1cc(S(=O)(=O)Nc2ccc(O)c(Cl)c2)cs1. The van der Waals surface area contributed by atoms with Crippen molar-refractivity contribution in [3.8, 4) is 5.75 Å². The van der Waals surface area contributed by atoms with Gasteiger partial charge in [-0.05, 0) is 24.3 Å². The first-order valence-corrected chi connectivity index (χ1v) is 8.26. The van der Waals surface area contributed by atoms with Gasteiger partial charge in [0.25, 0.3) is 10.0 Å². The number of anilines is 1. The topological polar surface area (TPSA) is 92.7 Å². The Labute approximate surface area is 130 Å². The highest BCUT2D eigenvalue weighted by Gasteiger charge is 2.19. The Bertz CT molecular complexity index is 785. The molecule has 9 heteroatoms. The van der Waals surface area contributed by atoms with Crippen LogP contribution in [-0.2, 0) is 14.8 Å². The summed E-state index contributed by atoms with van der Waals surface area (Å²) < 4.78 is 31.1. The van der Waals surface area contributed by atoms with Crippen molar-refractivity contribution >= 4 is 44.6 Å². The van der Waals surface area contributed by atoms with Crippen LogP contribution in [0.5, 0.6) is 5.75 Å². The smallest absolute Gasteiger partial charge is 0.348 e. The number of carbonyl (C=O) groups is 1. The van der Waals surface area contributed by atoms with Gasteiger partial charge in [0.1, 0.15) is 10.6 Å². The van der Waals surface area contributed by atoms with Crippen molar-refractivity contribution in [1.82, 2.24) is 0 Å². The maximum absolute atomic E-state index is 12.2. The van der Waals surface area contributed by atoms with Crippen LogP contribution < -0.4 is 4.72 Å². The number of halogens is 1. The third-order valence-corrected chi connectivity index (χ3v) is 5.20. The van der Waals surface area contributed by atoms with Crippen LogP contribution in [0.4, 0.5) is 5.69 Å². The van der Waals surface area contributed by atoms with Crippen LogP contribution in [0.15, 0.2) is 34.5 Å². The Morgan fingerprint density at radius 2 is 2.10 bits per heavy atom. The minimum Gasteiger partial charge on any atom is -0.506 e. The Morgan fingerprint density at radius 1 is 1.38 bits per heavy atom. The molecule has 0 aliphatic rings. The van der Waals surface area contributed by atoms with Gasteiger partial charge in [-0.25, -0.2) is 13.2 Å². The second-order valence-corrected chi connectivity index (χ2v) is 6.91. The average molecular weight is 348 g/mol. The van der Waals surface area contributed by atoms with Gasteiger partial charge in [0.05, 0.1) is 22.7 Å². The number of rotatable bonds is 4. The van der Waals surface area contributed by atoms with Crippen LogP contribution in [0.2, 0.25) is 5.02 Å². The predicted molar refractivity (Wildman–Crippen MR) is 79.6 cm³/mol. The van der Waals surface area contributed by atoms with E-state index in [9.17, 15) is 18.3 Å². The van der Waals surface area contributed by atoms with Gasteiger partial charge in [0.15, 0.2) is 0 Å². The molecular formula is C12H10ClNO5S2. The lowest BCUT2D eigenvalue weighted by molar-refractivity contribution is 0.0606. The first-order chi connectivity index (χ1) is 9.83. The van der Waals surface area contributed by atoms with Gasteiger partial charge < -0.3 is 9.84 Å². The highest BCUT2D eigenvalue weighted by molar-refractivity contribution is 7.92. The fraction of sp³-hybridized carbons (Fsp3) is 0.0833. The number of sulfonamides is 1. The Balaban J connectivity index is 2.27. The molecule has 21 heavy (non-hydrogen) atoms. The van der Waals surface area contributed by atoms with Gasteiger partial charge >= 0.3 is 5.97 Å². The van der Waals surface area contributed by atoms with Crippen molar-refractivity contribution in [2.24, 2.45) is 0 Å². The first kappa shape index (κ1) is 15.6. The zero-order chi connectivity index (χ0) is 15.6. The third kappa shape index (κ3) is 3.46. The van der Waals surface area contributed by atoms with Crippen LogP contribution in [-0.4, -0.2) is 26.6 Å². The average Bonchev–Trinajstić information content (AvgIpc) is 2.92. The van der Waals surface area contributed by atoms with Crippen molar-refractivity contribution in [2.45, 2.75) is 4.90 Å². The zero-order valence-corrected chi connectivity index (χ0v) is 13.1. The van der Waals surface area contributed by atoms with Crippen LogP contribution in [0.1, 0.15) is 9.67 Å². The summed E-state index contributed by atoms with van der Waals surface area (Å²) in [6.07, 6.45) is 0. The number of ether oxygens (including phenoxy) is 1. The Hall–Kier alpha value is -1.77. The van der Waals surface area contributed by atoms with E-state index in [4.69, 9.17) is 11.6 Å². The normalized spacial score (nSPS) is 11.1. The number of phenols is 1. The molecule has 1 heterocycles. The highest BCUT2D eigenvalue weighted by Crippen LogP contribution is 2.28. The van der Waals surface area contributed by atoms with Crippen LogP contribution in [0.3, 0.4) is 0 Å². The molecule has 0 fully saturated rings. The van der Waals surface area contributed by atoms with Crippen molar-refractivity contribution in [2.75, 3.05) is 11.8 Å². The number of methoxy groups -OCH3 is 1. The van der Waals surface area contributed by atoms with Gasteiger partial charge in [-0.2, -0.15) is 0 Å². The molecule has 2 N–H and O–H groups in total. The molecule has 2 aromatic rings. The van der Waals surface area contributed by atoms with E-state index in [1.165, 1.54) is 36.8 Å². The molecule has 0 aliphatic carbocycles. The molecule has 0 saturated heterocycles. The molecule has 2 rings (SSSR count). The molecule has 0 spiro atoms. The summed E-state index contributed by atoms with van der Waals surface area (Å²) in [7, 11) is -2.64. The summed E-state index contributed by atoms with van der Waals surface area (Å²) in [5.74, 6) is -0.753. The lowest BCUT2D eigenvalue weighted by atomic mass is 10.3. The van der Waals surface area contributed by atoms with E-state index < -0.39 is 16.0 Å². The molecule has 0 atom stereocenters. The number of hydrogen-bond acceptors (Lipinski definition) is 6. The summed E-state index contributed by atoms with van der Waals surface area (Å²) in [6, 6.07) is 5.14. The number of nitrogens with one attached hydrogen (secondary N) is 1. The largest absolute Gasteiger partial charge is 0.506 e. The number of carbonyl (C=O) groups excluding carboxylic acids is 1. The van der Waals surface area contributed by atoms with E-state index in [1.807, 2.05) is 0 Å². The van der Waals surface area contributed by atoms with Gasteiger partial charge in [0, 0.05) is 5.38 Å². The fourth-order valence-corrected chi connectivity index (χ4v) is 3.87. The van der Waals surface area contributed by atoms with Gasteiger partial charge in [-0.3, -0.25) is 4.72 Å². The summed E-state index contributed by atoms with van der Waals surface area (Å²) in [5, 5.41) is 10.6. The molecule has 0 aliphatic heterocycles. The minimum atomic E-state index is -3.85. The van der Waals surface area contributed by atoms with Gasteiger partial charge in [-0.15, -0.1) is 11.3 Å². The van der Waals surface area contributed by atoms with E-state index in [1.54, 1.807) is 0 Å². The van der Waals surface area contributed by atoms with Crippen LogP contribution in [0.25, 0.3) is 0 Å². The van der Waals surface area contributed by atoms with Crippen LogP contribution in [0, 0.1) is 0 Å². The summed E-state index contributed by atoms with van der Waals surface area (Å²) in [4.78, 5) is 11.4. The Morgan fingerprint density at radius 3 is 2.71 bits per heavy atom. The van der Waals surface area contributed by atoms with E-state index in [0.29, 0.717) is 0 Å². The van der Waals surface area contributed by atoms with E-state index in [0.717, 1.165) is 11.3 Å². The molecule has 1 aromatic heterocycles. The minimum absolute atomic E-state index is 0.0239. The molecule has 0 unspecified atom stereocenters. The maximum atomic E-state index is 12.2. The molecule has 1 aromatic carbocycles. The lowest BCUT2D eigenvalue weighted by Gasteiger charge is -2.07. The molecule has 0 radical (unpaired) electrons. The summed E-state index contributed by atoms with van der Waals surface area (Å²) >= 11 is 6.67. The number of aromatic hydroxyl groups is 1. The highest BCUT2D eigenvalue weighted by atomic mass is 35.5. The van der Waals surface area contributed by atoms with E-state index in [2.05, 4.69) is 9.46 Å². The number of thiophene rings is 1. The quantitative estimate of drug-likeness (QED) is 0.655. The number of benzene rings is 1. The second kappa shape index (κ2) is 5.92. The summed E-state index contributed by atoms with van der Waals surface area (Å²) in [6.45, 7) is 0. The van der Waals surface area contributed by atoms with E-state index in [-0.39, 0.29) is 26.2 Å². The second-order valence-electron chi connectivity index (χ2n) is 3.91. The number of esters is 1. The molecule has 0 amide bonds. The van der Waals surface area contributed by atoms with Crippen molar-refractivity contribution < 1.29 is 23.1 Å². The lowest BCUT2D eigenvalue weighted by Crippen LogP contribution is -2.12. The molecule has 0 bridgehead atoms. The van der Waals surface area contributed by atoms with Crippen molar-refractivity contribution in [1.29, 1.82) is 0 Å². The van der Waals surface area contributed by atoms with Gasteiger partial charge in [-0.1, -0.05) is 11.6 Å². The predicted octanol–water partition coefficient (Wildman–Crippen LogP) is 2.69. The zero-order valence-electron chi connectivity index (χ0n) is 10.7. The molecule has 6 nitrogen and oxygen atoms in total. The van der Waals surface area contributed by atoms with Gasteiger partial charge in [0.2, 0.25) is 0 Å². The van der Waals surface area contributed by atoms with Crippen molar-refractivity contribution in [3.63, 3.8) is 0 Å².